The van der Waals surface area contributed by atoms with Crippen LogP contribution >= 0.6 is 0 Å². The van der Waals surface area contributed by atoms with E-state index < -0.39 is 0 Å². The smallest absolute Gasteiger partial charge is 0.0888 e. The molecule has 1 aromatic carbocycles. The van der Waals surface area contributed by atoms with E-state index in [2.05, 4.69) is 17.0 Å². The summed E-state index contributed by atoms with van der Waals surface area (Å²) in [5, 5.41) is 0. The number of benzene rings is 1. The lowest BCUT2D eigenvalue weighted by Gasteiger charge is -2.33. The minimum atomic E-state index is 0.0731. The number of rotatable bonds is 2. The predicted molar refractivity (Wildman–Crippen MR) is 56.4 cm³/mol. The number of ether oxygens (including phenoxy) is 1. The summed E-state index contributed by atoms with van der Waals surface area (Å²) in [6.07, 6.45) is 0.0731. The van der Waals surface area contributed by atoms with Crippen molar-refractivity contribution in [1.29, 1.82) is 0 Å². The van der Waals surface area contributed by atoms with Gasteiger partial charge in [0.15, 0.2) is 0 Å². The van der Waals surface area contributed by atoms with Crippen LogP contribution in [0.3, 0.4) is 0 Å². The van der Waals surface area contributed by atoms with Gasteiger partial charge in [0.2, 0.25) is 0 Å². The summed E-state index contributed by atoms with van der Waals surface area (Å²) in [7, 11) is 0. The number of para-hydroxylation sites is 1. The van der Waals surface area contributed by atoms with Crippen LogP contribution in [0.4, 0.5) is 5.69 Å². The molecule has 0 aromatic heterocycles. The molecule has 1 N–H and O–H groups in total. The van der Waals surface area contributed by atoms with Gasteiger partial charge in [-0.2, -0.15) is 0 Å². The summed E-state index contributed by atoms with van der Waals surface area (Å²) >= 11 is 0. The second-order valence-electron chi connectivity index (χ2n) is 3.48. The Bertz CT molecular complexity index is 276. The Morgan fingerprint density at radius 3 is 2.86 bits per heavy atom. The van der Waals surface area contributed by atoms with E-state index in [4.69, 9.17) is 10.5 Å². The van der Waals surface area contributed by atoms with Crippen LogP contribution in [0.5, 0.6) is 0 Å². The van der Waals surface area contributed by atoms with Gasteiger partial charge in [-0.05, 0) is 12.1 Å². The first-order valence-corrected chi connectivity index (χ1v) is 4.96. The topological polar surface area (TPSA) is 36.3 Å². The zero-order valence-electron chi connectivity index (χ0n) is 8.15. The van der Waals surface area contributed by atoms with Gasteiger partial charge in [0.25, 0.3) is 0 Å². The van der Waals surface area contributed by atoms with Gasteiger partial charge < -0.3 is 9.64 Å². The molecule has 1 aromatic rings. The lowest BCUT2D eigenvalue weighted by molar-refractivity contribution is 0.0456. The van der Waals surface area contributed by atoms with Crippen LogP contribution in [0.2, 0.25) is 0 Å². The Morgan fingerprint density at radius 2 is 2.14 bits per heavy atom. The quantitative estimate of drug-likeness (QED) is 0.703. The summed E-state index contributed by atoms with van der Waals surface area (Å²) in [6.45, 7) is 2.86. The van der Waals surface area contributed by atoms with Gasteiger partial charge in [0.05, 0.1) is 12.7 Å². The zero-order valence-corrected chi connectivity index (χ0v) is 8.15. The minimum Gasteiger partial charge on any atom is -0.373 e. The fourth-order valence-corrected chi connectivity index (χ4v) is 1.72. The highest BCUT2D eigenvalue weighted by atomic mass is 16.5. The number of morpholine rings is 1. The molecule has 1 unspecified atom stereocenters. The highest BCUT2D eigenvalue weighted by Gasteiger charge is 2.18. The zero-order chi connectivity index (χ0) is 9.80. The molecule has 14 heavy (non-hydrogen) atoms. The van der Waals surface area contributed by atoms with Crippen molar-refractivity contribution in [2.24, 2.45) is 0 Å². The Balaban J connectivity index is 2.04. The highest BCUT2D eigenvalue weighted by Crippen LogP contribution is 2.16. The van der Waals surface area contributed by atoms with Crippen LogP contribution in [0.1, 0.15) is 0 Å². The molecule has 3 heteroatoms. The average molecular weight is 191 g/mol. The Hall–Kier alpha value is -1.06. The SMILES string of the molecule is [NH]CC1CN(c2ccccc2)CCO1. The van der Waals surface area contributed by atoms with Gasteiger partial charge in [0, 0.05) is 25.3 Å². The van der Waals surface area contributed by atoms with Crippen LogP contribution in [-0.4, -0.2) is 32.3 Å². The number of hydrogen-bond acceptors (Lipinski definition) is 2. The van der Waals surface area contributed by atoms with Gasteiger partial charge >= 0.3 is 0 Å². The molecule has 0 spiro atoms. The van der Waals surface area contributed by atoms with E-state index in [0.717, 1.165) is 19.7 Å². The molecule has 75 valence electrons. The molecule has 3 nitrogen and oxygen atoms in total. The largest absolute Gasteiger partial charge is 0.373 e. The lowest BCUT2D eigenvalue weighted by Crippen LogP contribution is -2.44. The third kappa shape index (κ3) is 2.05. The first-order chi connectivity index (χ1) is 6.90. The van der Waals surface area contributed by atoms with Crippen molar-refractivity contribution in [3.8, 4) is 0 Å². The van der Waals surface area contributed by atoms with Crippen LogP contribution in [0.25, 0.3) is 0 Å². The van der Waals surface area contributed by atoms with E-state index in [1.807, 2.05) is 18.2 Å². The van der Waals surface area contributed by atoms with Crippen molar-refractivity contribution in [2.75, 3.05) is 31.1 Å². The molecule has 1 saturated heterocycles. The van der Waals surface area contributed by atoms with Crippen molar-refractivity contribution in [3.63, 3.8) is 0 Å². The van der Waals surface area contributed by atoms with Gasteiger partial charge in [-0.15, -0.1) is 0 Å². The molecular formula is C11H15N2O. The molecule has 0 saturated carbocycles. The molecule has 0 aliphatic carbocycles. The molecule has 0 bridgehead atoms. The normalized spacial score (nSPS) is 22.4. The maximum atomic E-state index is 7.30. The maximum absolute atomic E-state index is 7.30. The first-order valence-electron chi connectivity index (χ1n) is 4.96. The van der Waals surface area contributed by atoms with Crippen molar-refractivity contribution < 1.29 is 4.74 Å². The lowest BCUT2D eigenvalue weighted by atomic mass is 10.2. The number of hydrogen-bond donors (Lipinski definition) is 0. The predicted octanol–water partition coefficient (Wildman–Crippen LogP) is 1.17. The van der Waals surface area contributed by atoms with Crippen molar-refractivity contribution in [2.45, 2.75) is 6.10 Å². The second-order valence-corrected chi connectivity index (χ2v) is 3.48. The number of nitrogens with one attached hydrogen (secondary N) is 1. The van der Waals surface area contributed by atoms with E-state index in [1.165, 1.54) is 5.69 Å². The monoisotopic (exact) mass is 191 g/mol. The molecular weight excluding hydrogens is 176 g/mol. The van der Waals surface area contributed by atoms with E-state index >= 15 is 0 Å². The van der Waals surface area contributed by atoms with Crippen LogP contribution < -0.4 is 10.6 Å². The second kappa shape index (κ2) is 4.44. The molecule has 0 amide bonds. The van der Waals surface area contributed by atoms with Gasteiger partial charge in [-0.1, -0.05) is 18.2 Å². The molecule has 2 rings (SSSR count). The minimum absolute atomic E-state index is 0.0731. The maximum Gasteiger partial charge on any atom is 0.0888 e. The van der Waals surface area contributed by atoms with Crippen molar-refractivity contribution >= 4 is 5.69 Å². The van der Waals surface area contributed by atoms with E-state index in [9.17, 15) is 0 Å². The van der Waals surface area contributed by atoms with E-state index in [0.29, 0.717) is 6.54 Å². The van der Waals surface area contributed by atoms with Crippen molar-refractivity contribution in [1.82, 2.24) is 5.73 Å². The van der Waals surface area contributed by atoms with E-state index in [-0.39, 0.29) is 6.10 Å². The molecule has 1 heterocycles. The Morgan fingerprint density at radius 1 is 1.36 bits per heavy atom. The van der Waals surface area contributed by atoms with Crippen molar-refractivity contribution in [3.05, 3.63) is 30.3 Å². The van der Waals surface area contributed by atoms with Crippen LogP contribution in [-0.2, 0) is 4.74 Å². The summed E-state index contributed by atoms with van der Waals surface area (Å²) in [5.74, 6) is 0. The molecule has 1 aliphatic rings. The fourth-order valence-electron chi connectivity index (χ4n) is 1.72. The molecule has 1 atom stereocenters. The molecule has 1 aliphatic heterocycles. The van der Waals surface area contributed by atoms with Crippen LogP contribution in [0, 0.1) is 0 Å². The van der Waals surface area contributed by atoms with Gasteiger partial charge in [-0.3, -0.25) is 5.73 Å². The summed E-state index contributed by atoms with van der Waals surface area (Å²) in [6, 6.07) is 10.3. The van der Waals surface area contributed by atoms with Crippen LogP contribution in [0.15, 0.2) is 30.3 Å². The Kier molecular flexibility index (Phi) is 3.01. The Labute approximate surface area is 84.5 Å². The number of nitrogens with zero attached hydrogens (tertiary/aromatic N) is 1. The van der Waals surface area contributed by atoms with E-state index in [1.54, 1.807) is 0 Å². The average Bonchev–Trinajstić information content (AvgIpc) is 2.30. The molecule has 1 fully saturated rings. The molecule has 1 radical (unpaired) electrons. The van der Waals surface area contributed by atoms with Gasteiger partial charge in [0.1, 0.15) is 0 Å². The summed E-state index contributed by atoms with van der Waals surface area (Å²) in [5.41, 5.74) is 8.53. The summed E-state index contributed by atoms with van der Waals surface area (Å²) in [4.78, 5) is 2.28. The summed E-state index contributed by atoms with van der Waals surface area (Å²) < 4.78 is 5.45. The first kappa shape index (κ1) is 9.49. The standard InChI is InChI=1S/C11H15N2O/c12-8-11-9-13(6-7-14-11)10-4-2-1-3-5-10/h1-5,11-12H,6-9H2. The van der Waals surface area contributed by atoms with Gasteiger partial charge in [-0.25, -0.2) is 0 Å². The fraction of sp³-hybridized carbons (Fsp3) is 0.455. The third-order valence-electron chi connectivity index (χ3n) is 2.49. The highest BCUT2D eigenvalue weighted by molar-refractivity contribution is 5.46. The third-order valence-corrected chi connectivity index (χ3v) is 2.49. The number of anilines is 1.